The van der Waals surface area contributed by atoms with Crippen molar-refractivity contribution in [3.05, 3.63) is 29.8 Å². The van der Waals surface area contributed by atoms with E-state index in [1.54, 1.807) is 31.4 Å². The molecular weight excluding hydrogens is 340 g/mol. The fourth-order valence-electron chi connectivity index (χ4n) is 2.90. The van der Waals surface area contributed by atoms with Crippen LogP contribution >= 0.6 is 0 Å². The Balaban J connectivity index is 1.49. The third kappa shape index (κ3) is 4.51. The SMILES string of the molecule is COc1ccc(C(=O)NC[C@@H]2O[C@@H](CC(=O)NC3CC3)[C@H](O)[C@@H]2O)cc1. The number of hydrogen-bond acceptors (Lipinski definition) is 6. The molecule has 0 unspecified atom stereocenters. The van der Waals surface area contributed by atoms with Crippen LogP contribution in [-0.4, -0.2) is 66.1 Å². The van der Waals surface area contributed by atoms with Gasteiger partial charge >= 0.3 is 0 Å². The van der Waals surface area contributed by atoms with Gasteiger partial charge in [-0.25, -0.2) is 0 Å². The lowest BCUT2D eigenvalue weighted by Crippen LogP contribution is -2.40. The Bertz CT molecular complexity index is 646. The van der Waals surface area contributed by atoms with Crippen molar-refractivity contribution in [1.29, 1.82) is 0 Å². The molecule has 142 valence electrons. The van der Waals surface area contributed by atoms with E-state index in [-0.39, 0.29) is 30.8 Å². The Morgan fingerprint density at radius 1 is 1.15 bits per heavy atom. The Kier molecular flexibility index (Phi) is 5.75. The summed E-state index contributed by atoms with van der Waals surface area (Å²) in [6.45, 7) is 0.0316. The van der Waals surface area contributed by atoms with Crippen LogP contribution in [0.15, 0.2) is 24.3 Å². The normalized spacial score (nSPS) is 27.8. The first kappa shape index (κ1) is 18.6. The van der Waals surface area contributed by atoms with Crippen LogP contribution in [0.2, 0.25) is 0 Å². The van der Waals surface area contributed by atoms with Crippen LogP contribution in [0.1, 0.15) is 29.6 Å². The Hall–Kier alpha value is -2.16. The molecule has 1 saturated heterocycles. The van der Waals surface area contributed by atoms with Crippen molar-refractivity contribution in [2.45, 2.75) is 49.7 Å². The second kappa shape index (κ2) is 8.03. The van der Waals surface area contributed by atoms with Gasteiger partial charge in [-0.3, -0.25) is 9.59 Å². The van der Waals surface area contributed by atoms with E-state index in [9.17, 15) is 19.8 Å². The minimum Gasteiger partial charge on any atom is -0.497 e. The van der Waals surface area contributed by atoms with Gasteiger partial charge in [-0.05, 0) is 37.1 Å². The van der Waals surface area contributed by atoms with Crippen LogP contribution in [0.5, 0.6) is 5.75 Å². The number of carbonyl (C=O) groups is 2. The van der Waals surface area contributed by atoms with Crippen molar-refractivity contribution >= 4 is 11.8 Å². The van der Waals surface area contributed by atoms with Gasteiger partial charge in [0.05, 0.1) is 19.6 Å². The van der Waals surface area contributed by atoms with Gasteiger partial charge in [-0.2, -0.15) is 0 Å². The van der Waals surface area contributed by atoms with Crippen molar-refractivity contribution in [2.24, 2.45) is 0 Å². The van der Waals surface area contributed by atoms with E-state index in [1.807, 2.05) is 0 Å². The lowest BCUT2D eigenvalue weighted by Gasteiger charge is -2.15. The molecule has 4 atom stereocenters. The summed E-state index contributed by atoms with van der Waals surface area (Å²) < 4.78 is 10.6. The second-order valence-corrected chi connectivity index (χ2v) is 6.68. The number of nitrogens with one attached hydrogen (secondary N) is 2. The average molecular weight is 364 g/mol. The lowest BCUT2D eigenvalue weighted by molar-refractivity contribution is -0.125. The largest absolute Gasteiger partial charge is 0.497 e. The van der Waals surface area contributed by atoms with Gasteiger partial charge in [-0.1, -0.05) is 0 Å². The van der Waals surface area contributed by atoms with E-state index in [2.05, 4.69) is 10.6 Å². The first-order valence-electron chi connectivity index (χ1n) is 8.71. The van der Waals surface area contributed by atoms with Crippen molar-refractivity contribution in [3.8, 4) is 5.75 Å². The highest BCUT2D eigenvalue weighted by molar-refractivity contribution is 5.94. The van der Waals surface area contributed by atoms with E-state index >= 15 is 0 Å². The van der Waals surface area contributed by atoms with Gasteiger partial charge in [0.25, 0.3) is 5.91 Å². The van der Waals surface area contributed by atoms with Crippen molar-refractivity contribution < 1.29 is 29.3 Å². The molecule has 1 aromatic carbocycles. The molecule has 1 aliphatic carbocycles. The summed E-state index contributed by atoms with van der Waals surface area (Å²) in [6, 6.07) is 6.83. The van der Waals surface area contributed by atoms with E-state index in [1.165, 1.54) is 0 Å². The molecule has 0 bridgehead atoms. The van der Waals surface area contributed by atoms with Crippen LogP contribution in [0.3, 0.4) is 0 Å². The van der Waals surface area contributed by atoms with E-state index in [4.69, 9.17) is 9.47 Å². The second-order valence-electron chi connectivity index (χ2n) is 6.68. The molecular formula is C18H24N2O6. The predicted molar refractivity (Wildman–Crippen MR) is 91.8 cm³/mol. The quantitative estimate of drug-likeness (QED) is 0.522. The van der Waals surface area contributed by atoms with Gasteiger partial charge in [0.15, 0.2) is 0 Å². The summed E-state index contributed by atoms with van der Waals surface area (Å²) in [6.07, 6.45) is -1.95. The average Bonchev–Trinajstić information content (AvgIpc) is 3.42. The molecule has 0 radical (unpaired) electrons. The van der Waals surface area contributed by atoms with E-state index < -0.39 is 24.4 Å². The number of aliphatic hydroxyl groups excluding tert-OH is 2. The molecule has 0 spiro atoms. The summed E-state index contributed by atoms with van der Waals surface area (Å²) >= 11 is 0. The maximum absolute atomic E-state index is 12.2. The highest BCUT2D eigenvalue weighted by Gasteiger charge is 2.43. The zero-order valence-electron chi connectivity index (χ0n) is 14.6. The van der Waals surface area contributed by atoms with Crippen LogP contribution < -0.4 is 15.4 Å². The zero-order chi connectivity index (χ0) is 18.7. The van der Waals surface area contributed by atoms with E-state index in [0.29, 0.717) is 11.3 Å². The molecule has 26 heavy (non-hydrogen) atoms. The van der Waals surface area contributed by atoms with Crippen LogP contribution in [-0.2, 0) is 9.53 Å². The topological polar surface area (TPSA) is 117 Å². The van der Waals surface area contributed by atoms with Crippen LogP contribution in [0.4, 0.5) is 0 Å². The lowest BCUT2D eigenvalue weighted by atomic mass is 10.1. The van der Waals surface area contributed by atoms with Gasteiger partial charge in [0, 0.05) is 18.2 Å². The number of rotatable bonds is 7. The summed E-state index contributed by atoms with van der Waals surface area (Å²) in [5.74, 6) is 0.117. The third-order valence-electron chi connectivity index (χ3n) is 4.61. The minimum absolute atomic E-state index is 0.0162. The number of methoxy groups -OCH3 is 1. The number of ether oxygens (including phenoxy) is 2. The number of benzene rings is 1. The molecule has 2 aliphatic rings. The van der Waals surface area contributed by atoms with Gasteiger partial charge < -0.3 is 30.3 Å². The number of amides is 2. The molecule has 8 nitrogen and oxygen atoms in total. The maximum Gasteiger partial charge on any atom is 0.251 e. The van der Waals surface area contributed by atoms with Crippen molar-refractivity contribution in [3.63, 3.8) is 0 Å². The predicted octanol–water partition coefficient (Wildman–Crippen LogP) is -0.417. The summed E-state index contributed by atoms with van der Waals surface area (Å²) in [4.78, 5) is 24.0. The van der Waals surface area contributed by atoms with Crippen molar-refractivity contribution in [1.82, 2.24) is 10.6 Å². The highest BCUT2D eigenvalue weighted by Crippen LogP contribution is 2.25. The molecule has 1 aromatic rings. The molecule has 2 amide bonds. The monoisotopic (exact) mass is 364 g/mol. The summed E-state index contributed by atoms with van der Waals surface area (Å²) in [7, 11) is 1.54. The van der Waals surface area contributed by atoms with Crippen LogP contribution in [0.25, 0.3) is 0 Å². The van der Waals surface area contributed by atoms with Crippen LogP contribution in [0, 0.1) is 0 Å². The molecule has 1 aliphatic heterocycles. The number of carbonyl (C=O) groups excluding carboxylic acids is 2. The molecule has 3 rings (SSSR count). The first-order chi connectivity index (χ1) is 12.5. The summed E-state index contributed by atoms with van der Waals surface area (Å²) in [5.41, 5.74) is 0.444. The minimum atomic E-state index is -1.16. The van der Waals surface area contributed by atoms with E-state index in [0.717, 1.165) is 12.8 Å². The first-order valence-corrected chi connectivity index (χ1v) is 8.71. The number of hydrogen-bond donors (Lipinski definition) is 4. The smallest absolute Gasteiger partial charge is 0.251 e. The molecule has 1 heterocycles. The fraction of sp³-hybridized carbons (Fsp3) is 0.556. The third-order valence-corrected chi connectivity index (χ3v) is 4.61. The standard InChI is InChI=1S/C18H24N2O6/c1-25-12-6-2-10(3-7-12)18(24)19-9-14-17(23)16(22)13(26-14)8-15(21)20-11-4-5-11/h2-3,6-7,11,13-14,16-17,22-23H,4-5,8-9H2,1H3,(H,19,24)(H,20,21)/t13-,14-,16-,17+/m0/s1. The van der Waals surface area contributed by atoms with Crippen molar-refractivity contribution in [2.75, 3.05) is 13.7 Å². The Morgan fingerprint density at radius 3 is 2.42 bits per heavy atom. The van der Waals surface area contributed by atoms with Gasteiger partial charge in [-0.15, -0.1) is 0 Å². The summed E-state index contributed by atoms with van der Waals surface area (Å²) in [5, 5.41) is 25.7. The molecule has 2 fully saturated rings. The number of aliphatic hydroxyl groups is 2. The molecule has 8 heteroatoms. The molecule has 4 N–H and O–H groups in total. The Labute approximate surface area is 151 Å². The Morgan fingerprint density at radius 2 is 1.81 bits per heavy atom. The maximum atomic E-state index is 12.2. The van der Waals surface area contributed by atoms with Gasteiger partial charge in [0.1, 0.15) is 24.1 Å². The molecule has 0 aromatic heterocycles. The zero-order valence-corrected chi connectivity index (χ0v) is 14.6. The fourth-order valence-corrected chi connectivity index (χ4v) is 2.90. The molecule has 1 saturated carbocycles. The van der Waals surface area contributed by atoms with Gasteiger partial charge in [0.2, 0.25) is 5.91 Å². The highest BCUT2D eigenvalue weighted by atomic mass is 16.5.